The zero-order chi connectivity index (χ0) is 21.3. The van der Waals surface area contributed by atoms with E-state index in [-0.39, 0.29) is 11.5 Å². The number of aryl methyl sites for hydroxylation is 2. The molecule has 1 amide bonds. The normalized spacial score (nSPS) is 10.7. The maximum absolute atomic E-state index is 12.7. The molecule has 7 nitrogen and oxygen atoms in total. The highest BCUT2D eigenvalue weighted by molar-refractivity contribution is 5.81. The molecule has 3 rings (SSSR count). The maximum Gasteiger partial charge on any atom is 0.261 e. The van der Waals surface area contributed by atoms with Crippen LogP contribution in [0.15, 0.2) is 53.6 Å². The minimum absolute atomic E-state index is 0.00346. The monoisotopic (exact) mass is 409 g/mol. The summed E-state index contributed by atoms with van der Waals surface area (Å²) < 4.78 is 12.1. The minimum atomic E-state index is -0.163. The number of fused-ring (bicyclic) bond motifs is 1. The van der Waals surface area contributed by atoms with Gasteiger partial charge in [-0.2, -0.15) is 0 Å². The van der Waals surface area contributed by atoms with Gasteiger partial charge in [-0.1, -0.05) is 30.3 Å². The van der Waals surface area contributed by atoms with Gasteiger partial charge in [-0.15, -0.1) is 0 Å². The number of ether oxygens (including phenoxy) is 2. The second kappa shape index (κ2) is 10.4. The van der Waals surface area contributed by atoms with Crippen molar-refractivity contribution in [3.05, 3.63) is 64.7 Å². The summed E-state index contributed by atoms with van der Waals surface area (Å²) in [7, 11) is 3.06. The van der Waals surface area contributed by atoms with Crippen LogP contribution in [0.1, 0.15) is 24.8 Å². The van der Waals surface area contributed by atoms with Crippen molar-refractivity contribution in [2.24, 2.45) is 0 Å². The zero-order valence-corrected chi connectivity index (χ0v) is 17.4. The average Bonchev–Trinajstić information content (AvgIpc) is 2.78. The fourth-order valence-electron chi connectivity index (χ4n) is 3.31. The molecule has 2 aromatic carbocycles. The molecule has 0 bridgehead atoms. The van der Waals surface area contributed by atoms with Gasteiger partial charge in [0.1, 0.15) is 0 Å². The van der Waals surface area contributed by atoms with Gasteiger partial charge in [-0.3, -0.25) is 14.2 Å². The number of aromatic nitrogens is 2. The molecule has 3 aromatic rings. The highest BCUT2D eigenvalue weighted by Gasteiger charge is 2.11. The van der Waals surface area contributed by atoms with Crippen molar-refractivity contribution in [1.82, 2.24) is 14.9 Å². The number of carbonyl (C=O) groups is 1. The van der Waals surface area contributed by atoms with Gasteiger partial charge in [0.25, 0.3) is 5.56 Å². The number of methoxy groups -OCH3 is 2. The Bertz CT molecular complexity index is 1050. The van der Waals surface area contributed by atoms with E-state index in [1.54, 1.807) is 12.1 Å². The Kier molecular flexibility index (Phi) is 7.43. The first kappa shape index (κ1) is 21.4. The van der Waals surface area contributed by atoms with Crippen LogP contribution in [0.4, 0.5) is 0 Å². The summed E-state index contributed by atoms with van der Waals surface area (Å²) in [5.74, 6) is 1.01. The molecule has 1 aromatic heterocycles. The molecule has 0 atom stereocenters. The molecule has 1 N–H and O–H groups in total. The van der Waals surface area contributed by atoms with Gasteiger partial charge in [-0.05, 0) is 30.9 Å². The van der Waals surface area contributed by atoms with Crippen LogP contribution >= 0.6 is 0 Å². The van der Waals surface area contributed by atoms with Crippen LogP contribution in [0.3, 0.4) is 0 Å². The second-order valence-electron chi connectivity index (χ2n) is 7.01. The molecule has 0 aliphatic carbocycles. The largest absolute Gasteiger partial charge is 0.493 e. The Morgan fingerprint density at radius 3 is 2.53 bits per heavy atom. The quantitative estimate of drug-likeness (QED) is 0.521. The van der Waals surface area contributed by atoms with Crippen molar-refractivity contribution in [2.45, 2.75) is 32.2 Å². The molecular weight excluding hydrogens is 382 g/mol. The van der Waals surface area contributed by atoms with E-state index in [1.165, 1.54) is 30.7 Å². The van der Waals surface area contributed by atoms with Crippen molar-refractivity contribution in [1.29, 1.82) is 0 Å². The molecule has 0 saturated heterocycles. The summed E-state index contributed by atoms with van der Waals surface area (Å²) in [6, 6.07) is 13.5. The fourth-order valence-corrected chi connectivity index (χ4v) is 3.31. The summed E-state index contributed by atoms with van der Waals surface area (Å²) in [4.78, 5) is 29.1. The highest BCUT2D eigenvalue weighted by Crippen LogP contribution is 2.29. The molecule has 0 unspecified atom stereocenters. The average molecular weight is 409 g/mol. The first-order valence-electron chi connectivity index (χ1n) is 10.0. The lowest BCUT2D eigenvalue weighted by Crippen LogP contribution is -2.26. The number of hydrogen-bond acceptors (Lipinski definition) is 5. The van der Waals surface area contributed by atoms with Crippen molar-refractivity contribution in [3.63, 3.8) is 0 Å². The summed E-state index contributed by atoms with van der Waals surface area (Å²) in [6.45, 7) is 1.07. The summed E-state index contributed by atoms with van der Waals surface area (Å²) in [6.07, 6.45) is 4.27. The number of nitrogens with one attached hydrogen (secondary N) is 1. The predicted octanol–water partition coefficient (Wildman–Crippen LogP) is 2.94. The highest BCUT2D eigenvalue weighted by atomic mass is 16.5. The first-order valence-corrected chi connectivity index (χ1v) is 10.0. The lowest BCUT2D eigenvalue weighted by molar-refractivity contribution is -0.121. The van der Waals surface area contributed by atoms with Crippen molar-refractivity contribution < 1.29 is 14.3 Å². The molecule has 0 spiro atoms. The molecule has 0 aliphatic heterocycles. The number of amides is 1. The van der Waals surface area contributed by atoms with Crippen molar-refractivity contribution in [2.75, 3.05) is 20.8 Å². The standard InChI is InChI=1S/C23H27N3O4/c1-29-20-14-18-19(15-21(20)30-2)25-16-26(23(18)28)13-7-11-22(27)24-12-6-10-17-8-4-3-5-9-17/h3-5,8-9,14-16H,6-7,10-13H2,1-2H3,(H,24,27). The molecule has 0 fully saturated rings. The van der Waals surface area contributed by atoms with Crippen LogP contribution in [0, 0.1) is 0 Å². The molecule has 30 heavy (non-hydrogen) atoms. The van der Waals surface area contributed by atoms with Crippen LogP contribution < -0.4 is 20.3 Å². The smallest absolute Gasteiger partial charge is 0.261 e. The van der Waals surface area contributed by atoms with Gasteiger partial charge in [0, 0.05) is 25.6 Å². The lowest BCUT2D eigenvalue weighted by atomic mass is 10.1. The van der Waals surface area contributed by atoms with Gasteiger partial charge >= 0.3 is 0 Å². The molecular formula is C23H27N3O4. The van der Waals surface area contributed by atoms with Gasteiger partial charge in [-0.25, -0.2) is 4.98 Å². The van der Waals surface area contributed by atoms with Crippen LogP contribution in [0.2, 0.25) is 0 Å². The summed E-state index contributed by atoms with van der Waals surface area (Å²) >= 11 is 0. The molecule has 1 heterocycles. The third-order valence-corrected chi connectivity index (χ3v) is 4.94. The molecule has 0 saturated carbocycles. The third kappa shape index (κ3) is 5.37. The van der Waals surface area contributed by atoms with Crippen molar-refractivity contribution in [3.8, 4) is 11.5 Å². The van der Waals surface area contributed by atoms with Crippen LogP contribution in [0.25, 0.3) is 10.9 Å². The van der Waals surface area contributed by atoms with Crippen LogP contribution in [0.5, 0.6) is 11.5 Å². The van der Waals surface area contributed by atoms with Gasteiger partial charge in [0.05, 0.1) is 31.4 Å². The van der Waals surface area contributed by atoms with Crippen molar-refractivity contribution >= 4 is 16.8 Å². The SMILES string of the molecule is COc1cc2ncn(CCCC(=O)NCCCc3ccccc3)c(=O)c2cc1OC. The van der Waals surface area contributed by atoms with E-state index in [0.29, 0.717) is 48.3 Å². The Morgan fingerprint density at radius 1 is 1.07 bits per heavy atom. The second-order valence-corrected chi connectivity index (χ2v) is 7.01. The number of benzene rings is 2. The number of hydrogen-bond donors (Lipinski definition) is 1. The van der Waals surface area contributed by atoms with E-state index >= 15 is 0 Å². The minimum Gasteiger partial charge on any atom is -0.493 e. The molecule has 158 valence electrons. The third-order valence-electron chi connectivity index (χ3n) is 4.94. The Balaban J connectivity index is 1.50. The van der Waals surface area contributed by atoms with Crippen LogP contribution in [-0.4, -0.2) is 36.2 Å². The van der Waals surface area contributed by atoms with E-state index in [1.807, 2.05) is 18.2 Å². The maximum atomic E-state index is 12.7. The van der Waals surface area contributed by atoms with E-state index in [4.69, 9.17) is 9.47 Å². The van der Waals surface area contributed by atoms with E-state index in [9.17, 15) is 9.59 Å². The topological polar surface area (TPSA) is 82.5 Å². The van der Waals surface area contributed by atoms with Gasteiger partial charge < -0.3 is 14.8 Å². The fraction of sp³-hybridized carbons (Fsp3) is 0.348. The number of rotatable bonds is 10. The summed E-state index contributed by atoms with van der Waals surface area (Å²) in [5.41, 5.74) is 1.65. The van der Waals surface area contributed by atoms with E-state index in [2.05, 4.69) is 22.4 Å². The van der Waals surface area contributed by atoms with Gasteiger partial charge in [0.15, 0.2) is 11.5 Å². The Hall–Kier alpha value is -3.35. The van der Waals surface area contributed by atoms with Gasteiger partial charge in [0.2, 0.25) is 5.91 Å². The van der Waals surface area contributed by atoms with E-state index < -0.39 is 0 Å². The lowest BCUT2D eigenvalue weighted by Gasteiger charge is -2.10. The Morgan fingerprint density at radius 2 is 1.80 bits per heavy atom. The first-order chi connectivity index (χ1) is 14.6. The summed E-state index contributed by atoms with van der Waals surface area (Å²) in [5, 5.41) is 3.40. The van der Waals surface area contributed by atoms with E-state index in [0.717, 1.165) is 12.8 Å². The molecule has 0 radical (unpaired) electrons. The number of nitrogens with zero attached hydrogens (tertiary/aromatic N) is 2. The van der Waals surface area contributed by atoms with Crippen LogP contribution in [-0.2, 0) is 17.8 Å². The number of carbonyl (C=O) groups excluding carboxylic acids is 1. The molecule has 7 heteroatoms. The molecule has 0 aliphatic rings. The predicted molar refractivity (Wildman–Crippen MR) is 116 cm³/mol. The Labute approximate surface area is 175 Å². The zero-order valence-electron chi connectivity index (χ0n) is 17.4.